The van der Waals surface area contributed by atoms with Gasteiger partial charge in [0.2, 0.25) is 18.6 Å². The summed E-state index contributed by atoms with van der Waals surface area (Å²) in [6.07, 6.45) is 1.75. The van der Waals surface area contributed by atoms with Gasteiger partial charge in [0, 0.05) is 45.7 Å². The average Bonchev–Trinajstić information content (AvgIpc) is 3.53. The van der Waals surface area contributed by atoms with E-state index in [1.807, 2.05) is 59.0 Å². The standard InChI is InChI=1S/C26H28ClN7O3/c1-17(35)32(2)10-11-33(3)26-30-24(28-13-18-8-9-21-22(12-18)37-16-36-21)23-25(31-26)34(15-29-23)14-19-6-4-5-7-20(19)27/h4-9,12,15H,10-11,13-14,16H2,1-3H3,(H,28,30,31). The van der Waals surface area contributed by atoms with Crippen LogP contribution in [0.5, 0.6) is 11.5 Å². The maximum Gasteiger partial charge on any atom is 0.231 e. The molecule has 0 radical (unpaired) electrons. The average molecular weight is 522 g/mol. The molecule has 192 valence electrons. The zero-order chi connectivity index (χ0) is 25.9. The van der Waals surface area contributed by atoms with Gasteiger partial charge in [0.05, 0.1) is 12.9 Å². The van der Waals surface area contributed by atoms with E-state index < -0.39 is 0 Å². The predicted molar refractivity (Wildman–Crippen MR) is 142 cm³/mol. The van der Waals surface area contributed by atoms with Gasteiger partial charge in [0.1, 0.15) is 0 Å². The van der Waals surface area contributed by atoms with Crippen LogP contribution < -0.4 is 19.7 Å². The Bertz CT molecular complexity index is 1440. The number of amides is 1. The SMILES string of the molecule is CC(=O)N(C)CCN(C)c1nc(NCc2ccc3c(c2)OCO3)c2ncn(Cc3ccccc3Cl)c2n1. The lowest BCUT2D eigenvalue weighted by Crippen LogP contribution is -2.34. The van der Waals surface area contributed by atoms with Crippen molar-refractivity contribution in [2.75, 3.05) is 44.2 Å². The van der Waals surface area contributed by atoms with Crippen LogP contribution in [0.4, 0.5) is 11.8 Å². The summed E-state index contributed by atoms with van der Waals surface area (Å²) in [5, 5.41) is 4.11. The lowest BCUT2D eigenvalue weighted by molar-refractivity contribution is -0.127. The first kappa shape index (κ1) is 24.6. The second kappa shape index (κ2) is 10.5. The van der Waals surface area contributed by atoms with Crippen LogP contribution in [0, 0.1) is 0 Å². The van der Waals surface area contributed by atoms with E-state index in [1.165, 1.54) is 0 Å². The molecule has 0 saturated carbocycles. The summed E-state index contributed by atoms with van der Waals surface area (Å²) in [6, 6.07) is 13.6. The van der Waals surface area contributed by atoms with Gasteiger partial charge in [-0.25, -0.2) is 4.98 Å². The zero-order valence-electron chi connectivity index (χ0n) is 20.9. The Morgan fingerprint density at radius 3 is 2.73 bits per heavy atom. The van der Waals surface area contributed by atoms with Gasteiger partial charge in [-0.15, -0.1) is 0 Å². The first-order valence-electron chi connectivity index (χ1n) is 11.9. The number of aromatic nitrogens is 4. The van der Waals surface area contributed by atoms with Crippen molar-refractivity contribution < 1.29 is 14.3 Å². The predicted octanol–water partition coefficient (Wildman–Crippen LogP) is 3.78. The number of imidazole rings is 1. The van der Waals surface area contributed by atoms with Gasteiger partial charge in [-0.2, -0.15) is 9.97 Å². The van der Waals surface area contributed by atoms with Crippen LogP contribution >= 0.6 is 11.6 Å². The summed E-state index contributed by atoms with van der Waals surface area (Å²) in [6.45, 7) is 3.93. The second-order valence-electron chi connectivity index (χ2n) is 8.91. The first-order chi connectivity index (χ1) is 17.9. The fourth-order valence-electron chi connectivity index (χ4n) is 3.95. The molecule has 2 aromatic heterocycles. The van der Waals surface area contributed by atoms with Gasteiger partial charge in [-0.1, -0.05) is 35.9 Å². The third-order valence-corrected chi connectivity index (χ3v) is 6.67. The zero-order valence-corrected chi connectivity index (χ0v) is 21.7. The number of rotatable bonds is 9. The summed E-state index contributed by atoms with van der Waals surface area (Å²) in [5.41, 5.74) is 3.33. The molecule has 4 aromatic rings. The van der Waals surface area contributed by atoms with Crippen molar-refractivity contribution in [2.24, 2.45) is 0 Å². The first-order valence-corrected chi connectivity index (χ1v) is 12.3. The molecule has 2 aromatic carbocycles. The van der Waals surface area contributed by atoms with Crippen molar-refractivity contribution in [1.29, 1.82) is 0 Å². The highest BCUT2D eigenvalue weighted by Crippen LogP contribution is 2.33. The number of nitrogens with zero attached hydrogens (tertiary/aromatic N) is 6. The number of carbonyl (C=O) groups excluding carboxylic acids is 1. The second-order valence-corrected chi connectivity index (χ2v) is 9.32. The van der Waals surface area contributed by atoms with Crippen molar-refractivity contribution in [1.82, 2.24) is 24.4 Å². The summed E-state index contributed by atoms with van der Waals surface area (Å²) in [5.74, 6) is 2.62. The molecular formula is C26H28ClN7O3. The molecule has 0 saturated heterocycles. The maximum absolute atomic E-state index is 11.7. The van der Waals surface area contributed by atoms with Crippen molar-refractivity contribution in [3.63, 3.8) is 0 Å². The lowest BCUT2D eigenvalue weighted by atomic mass is 10.2. The lowest BCUT2D eigenvalue weighted by Gasteiger charge is -2.22. The maximum atomic E-state index is 11.7. The van der Waals surface area contributed by atoms with E-state index in [1.54, 1.807) is 25.2 Å². The molecular weight excluding hydrogens is 494 g/mol. The fraction of sp³-hybridized carbons (Fsp3) is 0.308. The van der Waals surface area contributed by atoms with Crippen LogP contribution in [-0.4, -0.2) is 64.3 Å². The summed E-state index contributed by atoms with van der Waals surface area (Å²) in [7, 11) is 3.68. The smallest absolute Gasteiger partial charge is 0.231 e. The van der Waals surface area contributed by atoms with Gasteiger partial charge < -0.3 is 29.2 Å². The van der Waals surface area contributed by atoms with Gasteiger partial charge in [0.15, 0.2) is 28.5 Å². The van der Waals surface area contributed by atoms with Crippen LogP contribution in [0.15, 0.2) is 48.8 Å². The van der Waals surface area contributed by atoms with Gasteiger partial charge in [-0.05, 0) is 29.3 Å². The largest absolute Gasteiger partial charge is 0.454 e. The Balaban J connectivity index is 1.45. The van der Waals surface area contributed by atoms with Gasteiger partial charge in [0.25, 0.3) is 0 Å². The number of benzene rings is 2. The minimum absolute atomic E-state index is 0.00803. The van der Waals surface area contributed by atoms with E-state index in [0.717, 1.165) is 22.6 Å². The van der Waals surface area contributed by atoms with E-state index >= 15 is 0 Å². The number of nitrogens with one attached hydrogen (secondary N) is 1. The Morgan fingerprint density at radius 2 is 1.92 bits per heavy atom. The molecule has 5 rings (SSSR count). The molecule has 11 heteroatoms. The van der Waals surface area contributed by atoms with Gasteiger partial charge >= 0.3 is 0 Å². The number of ether oxygens (including phenoxy) is 2. The van der Waals surface area contributed by atoms with Crippen LogP contribution in [0.25, 0.3) is 11.2 Å². The van der Waals surface area contributed by atoms with E-state index in [2.05, 4.69) is 10.3 Å². The molecule has 1 N–H and O–H groups in total. The molecule has 0 unspecified atom stereocenters. The summed E-state index contributed by atoms with van der Waals surface area (Å²) in [4.78, 5) is 29.5. The minimum atomic E-state index is 0.00803. The Kier molecular flexibility index (Phi) is 7.00. The number of anilines is 2. The Morgan fingerprint density at radius 1 is 1.11 bits per heavy atom. The van der Waals surface area contributed by atoms with E-state index in [9.17, 15) is 4.79 Å². The molecule has 0 atom stereocenters. The molecule has 3 heterocycles. The molecule has 1 aliphatic rings. The summed E-state index contributed by atoms with van der Waals surface area (Å²) < 4.78 is 12.9. The van der Waals surface area contributed by atoms with Crippen molar-refractivity contribution in [3.05, 3.63) is 64.9 Å². The fourth-order valence-corrected chi connectivity index (χ4v) is 4.14. The highest BCUT2D eigenvalue weighted by Gasteiger charge is 2.18. The number of fused-ring (bicyclic) bond motifs is 2. The summed E-state index contributed by atoms with van der Waals surface area (Å²) >= 11 is 6.42. The number of carbonyl (C=O) groups is 1. The number of hydrogen-bond donors (Lipinski definition) is 1. The van der Waals surface area contributed by atoms with Crippen LogP contribution in [0.3, 0.4) is 0 Å². The Labute approximate surface area is 219 Å². The topological polar surface area (TPSA) is 97.6 Å². The number of hydrogen-bond acceptors (Lipinski definition) is 8. The third kappa shape index (κ3) is 5.39. The quantitative estimate of drug-likeness (QED) is 0.355. The van der Waals surface area contributed by atoms with Crippen LogP contribution in [-0.2, 0) is 17.9 Å². The van der Waals surface area contributed by atoms with Crippen LogP contribution in [0.1, 0.15) is 18.1 Å². The molecule has 37 heavy (non-hydrogen) atoms. The number of likely N-dealkylation sites (N-methyl/N-ethyl adjacent to an activating group) is 2. The van der Waals surface area contributed by atoms with Crippen molar-refractivity contribution >= 4 is 40.4 Å². The molecule has 1 amide bonds. The molecule has 10 nitrogen and oxygen atoms in total. The molecule has 0 fully saturated rings. The van der Waals surface area contributed by atoms with Crippen molar-refractivity contribution in [2.45, 2.75) is 20.0 Å². The van der Waals surface area contributed by atoms with Gasteiger partial charge in [-0.3, -0.25) is 4.79 Å². The molecule has 0 spiro atoms. The van der Waals surface area contributed by atoms with Crippen LogP contribution in [0.2, 0.25) is 5.02 Å². The van der Waals surface area contributed by atoms with E-state index in [0.29, 0.717) is 54.1 Å². The molecule has 0 aliphatic carbocycles. The van der Waals surface area contributed by atoms with Crippen molar-refractivity contribution in [3.8, 4) is 11.5 Å². The molecule has 0 bridgehead atoms. The van der Waals surface area contributed by atoms with E-state index in [4.69, 9.17) is 31.0 Å². The van der Waals surface area contributed by atoms with E-state index in [-0.39, 0.29) is 12.7 Å². The third-order valence-electron chi connectivity index (χ3n) is 6.30. The number of halogens is 1. The minimum Gasteiger partial charge on any atom is -0.454 e. The normalized spacial score (nSPS) is 12.1. The Hall–Kier alpha value is -4.05. The highest BCUT2D eigenvalue weighted by atomic mass is 35.5. The highest BCUT2D eigenvalue weighted by molar-refractivity contribution is 6.31. The monoisotopic (exact) mass is 521 g/mol. The molecule has 1 aliphatic heterocycles.